The number of aliphatic hydroxyl groups is 1. The van der Waals surface area contributed by atoms with Gasteiger partial charge in [-0.15, -0.1) is 0 Å². The Labute approximate surface area is 111 Å². The summed E-state index contributed by atoms with van der Waals surface area (Å²) < 4.78 is 0. The second-order valence-electron chi connectivity index (χ2n) is 6.35. The van der Waals surface area contributed by atoms with Crippen molar-refractivity contribution in [3.63, 3.8) is 0 Å². The smallest absolute Gasteiger partial charge is 0.0682 e. The zero-order chi connectivity index (χ0) is 13.1. The molecule has 1 aliphatic carbocycles. The molecule has 2 rings (SSSR count). The van der Waals surface area contributed by atoms with E-state index in [1.165, 1.54) is 25.7 Å². The lowest BCUT2D eigenvalue weighted by atomic mass is 9.83. The molecule has 18 heavy (non-hydrogen) atoms. The molecule has 0 aromatic rings. The maximum absolute atomic E-state index is 9.98. The van der Waals surface area contributed by atoms with Crippen LogP contribution >= 0.6 is 0 Å². The number of likely N-dealkylation sites (tertiary alicyclic amines) is 1. The van der Waals surface area contributed by atoms with E-state index in [2.05, 4.69) is 23.9 Å². The molecular formula is C14H29N3O. The molecule has 1 heterocycles. The van der Waals surface area contributed by atoms with Crippen LogP contribution in [0.25, 0.3) is 0 Å². The molecule has 0 amide bonds. The van der Waals surface area contributed by atoms with Crippen LogP contribution in [0.15, 0.2) is 0 Å². The summed E-state index contributed by atoms with van der Waals surface area (Å²) in [6, 6.07) is 1.11. The maximum Gasteiger partial charge on any atom is 0.0682 e. The summed E-state index contributed by atoms with van der Waals surface area (Å²) in [4.78, 5) is 4.79. The molecule has 4 atom stereocenters. The molecule has 4 heteroatoms. The Kier molecular flexibility index (Phi) is 5.01. The van der Waals surface area contributed by atoms with Crippen molar-refractivity contribution in [2.75, 3.05) is 33.7 Å². The Morgan fingerprint density at radius 3 is 2.67 bits per heavy atom. The molecule has 0 aromatic heterocycles. The SMILES string of the molecule is CN(C)CC1CC(O)CN1C1CCCCC1CN. The zero-order valence-corrected chi connectivity index (χ0v) is 11.9. The second kappa shape index (κ2) is 6.33. The topological polar surface area (TPSA) is 52.7 Å². The third-order valence-electron chi connectivity index (χ3n) is 4.61. The summed E-state index contributed by atoms with van der Waals surface area (Å²) >= 11 is 0. The van der Waals surface area contributed by atoms with Gasteiger partial charge in [-0.3, -0.25) is 4.90 Å². The van der Waals surface area contributed by atoms with Crippen LogP contribution in [-0.2, 0) is 0 Å². The fraction of sp³-hybridized carbons (Fsp3) is 1.00. The van der Waals surface area contributed by atoms with Gasteiger partial charge in [0, 0.05) is 25.2 Å². The van der Waals surface area contributed by atoms with E-state index >= 15 is 0 Å². The van der Waals surface area contributed by atoms with E-state index in [1.54, 1.807) is 0 Å². The van der Waals surface area contributed by atoms with Gasteiger partial charge in [0.1, 0.15) is 0 Å². The number of rotatable bonds is 4. The molecule has 2 aliphatic rings. The fourth-order valence-corrected chi connectivity index (χ4v) is 3.82. The number of nitrogens with two attached hydrogens (primary N) is 1. The van der Waals surface area contributed by atoms with Gasteiger partial charge in [0.15, 0.2) is 0 Å². The molecule has 0 bridgehead atoms. The minimum atomic E-state index is -0.143. The predicted molar refractivity (Wildman–Crippen MR) is 74.5 cm³/mol. The quantitative estimate of drug-likeness (QED) is 0.768. The molecule has 4 nitrogen and oxygen atoms in total. The Balaban J connectivity index is 2.03. The lowest BCUT2D eigenvalue weighted by Crippen LogP contribution is -2.50. The number of nitrogens with zero attached hydrogens (tertiary/aromatic N) is 2. The van der Waals surface area contributed by atoms with Gasteiger partial charge in [0.25, 0.3) is 0 Å². The van der Waals surface area contributed by atoms with Crippen molar-refractivity contribution in [1.82, 2.24) is 9.80 Å². The molecule has 3 N–H and O–H groups in total. The minimum absolute atomic E-state index is 0.143. The molecule has 1 aliphatic heterocycles. The largest absolute Gasteiger partial charge is 0.392 e. The van der Waals surface area contributed by atoms with Gasteiger partial charge in [-0.2, -0.15) is 0 Å². The van der Waals surface area contributed by atoms with Gasteiger partial charge < -0.3 is 15.7 Å². The summed E-state index contributed by atoms with van der Waals surface area (Å²) in [5.74, 6) is 0.633. The van der Waals surface area contributed by atoms with Crippen LogP contribution in [0.1, 0.15) is 32.1 Å². The lowest BCUT2D eigenvalue weighted by Gasteiger charge is -2.41. The minimum Gasteiger partial charge on any atom is -0.392 e. The fourth-order valence-electron chi connectivity index (χ4n) is 3.82. The first-order valence-corrected chi connectivity index (χ1v) is 7.40. The Bertz CT molecular complexity index is 259. The third-order valence-corrected chi connectivity index (χ3v) is 4.61. The Morgan fingerprint density at radius 1 is 1.28 bits per heavy atom. The van der Waals surface area contributed by atoms with Crippen molar-refractivity contribution < 1.29 is 5.11 Å². The highest BCUT2D eigenvalue weighted by Crippen LogP contribution is 2.33. The van der Waals surface area contributed by atoms with Crippen LogP contribution in [0.3, 0.4) is 0 Å². The summed E-state index contributed by atoms with van der Waals surface area (Å²) in [5, 5.41) is 9.98. The van der Waals surface area contributed by atoms with Crippen LogP contribution in [0.2, 0.25) is 0 Å². The first-order valence-electron chi connectivity index (χ1n) is 7.40. The third kappa shape index (κ3) is 3.23. The van der Waals surface area contributed by atoms with Gasteiger partial charge in [-0.25, -0.2) is 0 Å². The van der Waals surface area contributed by atoms with Gasteiger partial charge in [0.2, 0.25) is 0 Å². The van der Waals surface area contributed by atoms with Crippen molar-refractivity contribution in [1.29, 1.82) is 0 Å². The summed E-state index contributed by atoms with van der Waals surface area (Å²) in [5.41, 5.74) is 5.94. The van der Waals surface area contributed by atoms with Crippen molar-refractivity contribution in [2.24, 2.45) is 11.7 Å². The second-order valence-corrected chi connectivity index (χ2v) is 6.35. The van der Waals surface area contributed by atoms with Crippen LogP contribution in [-0.4, -0.2) is 66.8 Å². The van der Waals surface area contributed by atoms with E-state index in [0.717, 1.165) is 26.1 Å². The number of aliphatic hydroxyl groups excluding tert-OH is 1. The highest BCUT2D eigenvalue weighted by molar-refractivity contribution is 4.94. The molecule has 0 radical (unpaired) electrons. The summed E-state index contributed by atoms with van der Waals surface area (Å²) in [7, 11) is 4.23. The number of hydrogen-bond donors (Lipinski definition) is 2. The Hall–Kier alpha value is -0.160. The van der Waals surface area contributed by atoms with Crippen LogP contribution in [0.4, 0.5) is 0 Å². The van der Waals surface area contributed by atoms with Crippen LogP contribution < -0.4 is 5.73 Å². The maximum atomic E-state index is 9.98. The van der Waals surface area contributed by atoms with Crippen molar-refractivity contribution >= 4 is 0 Å². The van der Waals surface area contributed by atoms with Gasteiger partial charge in [-0.05, 0) is 45.8 Å². The summed E-state index contributed by atoms with van der Waals surface area (Å²) in [6.45, 7) is 2.69. The first-order chi connectivity index (χ1) is 8.61. The lowest BCUT2D eigenvalue weighted by molar-refractivity contribution is 0.0754. The zero-order valence-electron chi connectivity index (χ0n) is 11.9. The van der Waals surface area contributed by atoms with E-state index in [1.807, 2.05) is 0 Å². The number of β-amino-alcohol motifs (C(OH)–C–C–N with tert-alkyl or cyclic N) is 1. The van der Waals surface area contributed by atoms with E-state index in [-0.39, 0.29) is 6.10 Å². The normalized spacial score (nSPS) is 38.5. The monoisotopic (exact) mass is 255 g/mol. The van der Waals surface area contributed by atoms with E-state index in [4.69, 9.17) is 5.73 Å². The van der Waals surface area contributed by atoms with E-state index < -0.39 is 0 Å². The first kappa shape index (κ1) is 14.3. The molecule has 0 spiro atoms. The van der Waals surface area contributed by atoms with Gasteiger partial charge in [-0.1, -0.05) is 12.8 Å². The van der Waals surface area contributed by atoms with Gasteiger partial charge >= 0.3 is 0 Å². The van der Waals surface area contributed by atoms with E-state index in [0.29, 0.717) is 18.0 Å². The molecule has 1 saturated carbocycles. The number of hydrogen-bond acceptors (Lipinski definition) is 4. The van der Waals surface area contributed by atoms with Crippen molar-refractivity contribution in [2.45, 2.75) is 50.3 Å². The van der Waals surface area contributed by atoms with Crippen molar-refractivity contribution in [3.05, 3.63) is 0 Å². The highest BCUT2D eigenvalue weighted by atomic mass is 16.3. The molecule has 106 valence electrons. The average molecular weight is 255 g/mol. The molecule has 0 aromatic carbocycles. The Morgan fingerprint density at radius 2 is 2.00 bits per heavy atom. The molecular weight excluding hydrogens is 226 g/mol. The van der Waals surface area contributed by atoms with E-state index in [9.17, 15) is 5.11 Å². The standard InChI is InChI=1S/C14H29N3O/c1-16(2)9-12-7-13(18)10-17(12)14-6-4-3-5-11(14)8-15/h11-14,18H,3-10,15H2,1-2H3. The predicted octanol–water partition coefficient (Wildman–Crippen LogP) is 0.501. The van der Waals surface area contributed by atoms with Gasteiger partial charge in [0.05, 0.1) is 6.10 Å². The molecule has 4 unspecified atom stereocenters. The number of likely N-dealkylation sites (N-methyl/N-ethyl adjacent to an activating group) is 1. The van der Waals surface area contributed by atoms with Crippen molar-refractivity contribution in [3.8, 4) is 0 Å². The molecule has 1 saturated heterocycles. The van der Waals surface area contributed by atoms with Crippen LogP contribution in [0, 0.1) is 5.92 Å². The summed E-state index contributed by atoms with van der Waals surface area (Å²) in [6.07, 6.45) is 5.96. The highest BCUT2D eigenvalue weighted by Gasteiger charge is 2.39. The molecule has 2 fully saturated rings. The van der Waals surface area contributed by atoms with Crippen LogP contribution in [0.5, 0.6) is 0 Å². The average Bonchev–Trinajstić information content (AvgIpc) is 2.69.